The molecular weight excluding hydrogens is 370 g/mol. The fourth-order valence-electron chi connectivity index (χ4n) is 2.85. The Hall–Kier alpha value is -3.64. The number of amides is 1. The number of hydrogen-bond acceptors (Lipinski definition) is 3. The van der Waals surface area contributed by atoms with Gasteiger partial charge in [0.05, 0.1) is 5.56 Å². The molecule has 4 rings (SSSR count). The largest absolute Gasteiger partial charge is 0.457 e. The first-order valence-corrected chi connectivity index (χ1v) is 9.11. The second-order valence-electron chi connectivity index (χ2n) is 6.10. The van der Waals surface area contributed by atoms with Crippen LogP contribution < -0.4 is 15.4 Å². The lowest BCUT2D eigenvalue weighted by Gasteiger charge is -2.11. The summed E-state index contributed by atoms with van der Waals surface area (Å²) in [6.07, 6.45) is 1.68. The quantitative estimate of drug-likeness (QED) is 0.427. The van der Waals surface area contributed by atoms with Crippen LogP contribution in [0.3, 0.4) is 0 Å². The number of fused-ring (bicyclic) bond motifs is 1. The van der Waals surface area contributed by atoms with E-state index in [0.29, 0.717) is 11.3 Å². The lowest BCUT2D eigenvalue weighted by Crippen LogP contribution is -2.34. The third-order valence-electron chi connectivity index (χ3n) is 4.13. The van der Waals surface area contributed by atoms with Gasteiger partial charge in [0.1, 0.15) is 11.5 Å². The number of H-pyrrole nitrogens is 1. The Bertz CT molecular complexity index is 1140. The fourth-order valence-corrected chi connectivity index (χ4v) is 3.06. The number of thiocarbonyl (C=S) groups is 1. The zero-order valence-electron chi connectivity index (χ0n) is 14.8. The average molecular weight is 387 g/mol. The van der Waals surface area contributed by atoms with Crippen molar-refractivity contribution < 1.29 is 9.53 Å². The number of aromatic nitrogens is 1. The molecule has 0 saturated carbocycles. The molecule has 0 aliphatic heterocycles. The van der Waals surface area contributed by atoms with Crippen molar-refractivity contribution in [1.82, 2.24) is 10.3 Å². The van der Waals surface area contributed by atoms with Gasteiger partial charge >= 0.3 is 0 Å². The Morgan fingerprint density at radius 1 is 0.893 bits per heavy atom. The number of rotatable bonds is 4. The van der Waals surface area contributed by atoms with Gasteiger partial charge in [0.25, 0.3) is 5.91 Å². The maximum Gasteiger partial charge on any atom is 0.259 e. The Kier molecular flexibility index (Phi) is 5.03. The number of hydrogen-bond donors (Lipinski definition) is 3. The van der Waals surface area contributed by atoms with Crippen LogP contribution >= 0.6 is 12.2 Å². The Morgan fingerprint density at radius 3 is 2.50 bits per heavy atom. The summed E-state index contributed by atoms with van der Waals surface area (Å²) < 4.78 is 5.81. The average Bonchev–Trinajstić information content (AvgIpc) is 3.13. The zero-order valence-corrected chi connectivity index (χ0v) is 15.6. The molecule has 4 aromatic rings. The van der Waals surface area contributed by atoms with Gasteiger partial charge < -0.3 is 15.0 Å². The first kappa shape index (κ1) is 17.8. The molecule has 0 spiro atoms. The molecule has 0 unspecified atom stereocenters. The molecule has 0 atom stereocenters. The lowest BCUT2D eigenvalue weighted by molar-refractivity contribution is 0.0979. The van der Waals surface area contributed by atoms with Gasteiger partial charge in [-0.3, -0.25) is 10.1 Å². The molecule has 0 bridgehead atoms. The van der Waals surface area contributed by atoms with E-state index in [1.807, 2.05) is 78.9 Å². The molecule has 6 heteroatoms. The highest BCUT2D eigenvalue weighted by atomic mass is 32.1. The van der Waals surface area contributed by atoms with Crippen LogP contribution in [0.4, 0.5) is 5.69 Å². The second kappa shape index (κ2) is 7.94. The van der Waals surface area contributed by atoms with Crippen molar-refractivity contribution in [2.45, 2.75) is 0 Å². The van der Waals surface area contributed by atoms with Crippen molar-refractivity contribution in [2.24, 2.45) is 0 Å². The van der Waals surface area contributed by atoms with E-state index in [2.05, 4.69) is 15.6 Å². The Balaban J connectivity index is 1.42. The fraction of sp³-hybridized carbons (Fsp3) is 0. The number of carbonyl (C=O) groups is 1. The predicted molar refractivity (Wildman–Crippen MR) is 115 cm³/mol. The summed E-state index contributed by atoms with van der Waals surface area (Å²) in [5.74, 6) is 1.14. The maximum absolute atomic E-state index is 12.5. The van der Waals surface area contributed by atoms with Crippen molar-refractivity contribution >= 4 is 39.8 Å². The highest BCUT2D eigenvalue weighted by Gasteiger charge is 2.13. The second-order valence-corrected chi connectivity index (χ2v) is 6.51. The molecule has 0 aliphatic carbocycles. The van der Waals surface area contributed by atoms with Gasteiger partial charge in [-0.2, -0.15) is 0 Å². The standard InChI is InChI=1S/C22H17N3O2S/c26-21(19-14-23-20-12-5-4-11-18(19)20)25-22(28)24-15-7-6-10-17(13-15)27-16-8-2-1-3-9-16/h1-14,23H,(H2,24,25,26,28). The summed E-state index contributed by atoms with van der Waals surface area (Å²) in [5, 5.41) is 6.79. The summed E-state index contributed by atoms with van der Waals surface area (Å²) in [4.78, 5) is 15.6. The van der Waals surface area contributed by atoms with Gasteiger partial charge in [-0.1, -0.05) is 42.5 Å². The molecule has 0 aliphatic rings. The molecule has 1 amide bonds. The molecule has 0 radical (unpaired) electrons. The van der Waals surface area contributed by atoms with Crippen LogP contribution in [0.1, 0.15) is 10.4 Å². The van der Waals surface area contributed by atoms with E-state index in [1.54, 1.807) is 6.20 Å². The molecule has 3 N–H and O–H groups in total. The van der Waals surface area contributed by atoms with Crippen LogP contribution in [0.2, 0.25) is 0 Å². The van der Waals surface area contributed by atoms with Gasteiger partial charge in [-0.25, -0.2) is 0 Å². The number of aromatic amines is 1. The van der Waals surface area contributed by atoms with Crippen LogP contribution in [0.5, 0.6) is 11.5 Å². The molecule has 0 fully saturated rings. The van der Waals surface area contributed by atoms with E-state index >= 15 is 0 Å². The van der Waals surface area contributed by atoms with Gasteiger partial charge in [0, 0.05) is 28.9 Å². The topological polar surface area (TPSA) is 66.2 Å². The summed E-state index contributed by atoms with van der Waals surface area (Å²) in [5.41, 5.74) is 2.16. The summed E-state index contributed by atoms with van der Waals surface area (Å²) in [6, 6.07) is 24.5. The lowest BCUT2D eigenvalue weighted by atomic mass is 10.1. The van der Waals surface area contributed by atoms with E-state index in [0.717, 1.165) is 22.3 Å². The van der Waals surface area contributed by atoms with Crippen LogP contribution in [-0.2, 0) is 0 Å². The number of nitrogens with one attached hydrogen (secondary N) is 3. The smallest absolute Gasteiger partial charge is 0.259 e. The number of para-hydroxylation sites is 2. The van der Waals surface area contributed by atoms with Crippen molar-refractivity contribution in [3.8, 4) is 11.5 Å². The Labute approximate surface area is 167 Å². The molecule has 1 aromatic heterocycles. The highest BCUT2D eigenvalue weighted by Crippen LogP contribution is 2.24. The van der Waals surface area contributed by atoms with E-state index in [-0.39, 0.29) is 11.0 Å². The molecular formula is C22H17N3O2S. The zero-order chi connectivity index (χ0) is 19.3. The molecule has 3 aromatic carbocycles. The molecule has 28 heavy (non-hydrogen) atoms. The number of ether oxygens (including phenoxy) is 1. The molecule has 138 valence electrons. The van der Waals surface area contributed by atoms with Gasteiger partial charge in [-0.05, 0) is 42.5 Å². The van der Waals surface area contributed by atoms with Gasteiger partial charge in [-0.15, -0.1) is 0 Å². The van der Waals surface area contributed by atoms with Crippen LogP contribution in [0.25, 0.3) is 10.9 Å². The van der Waals surface area contributed by atoms with E-state index < -0.39 is 0 Å². The minimum Gasteiger partial charge on any atom is -0.457 e. The maximum atomic E-state index is 12.5. The summed E-state index contributed by atoms with van der Waals surface area (Å²) >= 11 is 5.29. The predicted octanol–water partition coefficient (Wildman–Crippen LogP) is 5.09. The molecule has 5 nitrogen and oxygen atoms in total. The van der Waals surface area contributed by atoms with Crippen molar-refractivity contribution in [3.05, 3.63) is 90.6 Å². The van der Waals surface area contributed by atoms with Crippen LogP contribution in [0, 0.1) is 0 Å². The first-order valence-electron chi connectivity index (χ1n) is 8.70. The van der Waals surface area contributed by atoms with Gasteiger partial charge in [0.2, 0.25) is 0 Å². The summed E-state index contributed by atoms with van der Waals surface area (Å²) in [6.45, 7) is 0. The van der Waals surface area contributed by atoms with Crippen LogP contribution in [0.15, 0.2) is 85.1 Å². The van der Waals surface area contributed by atoms with E-state index in [4.69, 9.17) is 17.0 Å². The Morgan fingerprint density at radius 2 is 1.64 bits per heavy atom. The van der Waals surface area contributed by atoms with Crippen molar-refractivity contribution in [3.63, 3.8) is 0 Å². The third-order valence-corrected chi connectivity index (χ3v) is 4.34. The van der Waals surface area contributed by atoms with Crippen molar-refractivity contribution in [1.29, 1.82) is 0 Å². The molecule has 1 heterocycles. The third kappa shape index (κ3) is 4.02. The SMILES string of the molecule is O=C(NC(=S)Nc1cccc(Oc2ccccc2)c1)c1c[nH]c2ccccc12. The molecule has 0 saturated heterocycles. The number of anilines is 1. The van der Waals surface area contributed by atoms with Crippen molar-refractivity contribution in [2.75, 3.05) is 5.32 Å². The van der Waals surface area contributed by atoms with Gasteiger partial charge in [0.15, 0.2) is 5.11 Å². The summed E-state index contributed by atoms with van der Waals surface area (Å²) in [7, 11) is 0. The minimum atomic E-state index is -0.272. The highest BCUT2D eigenvalue weighted by molar-refractivity contribution is 7.80. The van der Waals surface area contributed by atoms with E-state index in [1.165, 1.54) is 0 Å². The number of benzene rings is 3. The first-order chi connectivity index (χ1) is 13.7. The monoisotopic (exact) mass is 387 g/mol. The number of carbonyl (C=O) groups excluding carboxylic acids is 1. The minimum absolute atomic E-state index is 0.215. The normalized spacial score (nSPS) is 10.4. The van der Waals surface area contributed by atoms with Crippen LogP contribution in [-0.4, -0.2) is 16.0 Å². The van der Waals surface area contributed by atoms with E-state index in [9.17, 15) is 4.79 Å².